The van der Waals surface area contributed by atoms with Crippen molar-refractivity contribution >= 4 is 57.0 Å². The number of halogens is 2. The molecule has 3 aromatic rings. The number of nitrogens with one attached hydrogen (secondary N) is 2. The second-order valence-electron chi connectivity index (χ2n) is 5.20. The summed E-state index contributed by atoms with van der Waals surface area (Å²) < 4.78 is 5.41. The smallest absolute Gasteiger partial charge is 0.275 e. The summed E-state index contributed by atoms with van der Waals surface area (Å²) in [7, 11) is 0. The quantitative estimate of drug-likeness (QED) is 0.538. The van der Waals surface area contributed by atoms with Gasteiger partial charge in [-0.2, -0.15) is 0 Å². The summed E-state index contributed by atoms with van der Waals surface area (Å²) in [4.78, 5) is 16.6. The summed E-state index contributed by atoms with van der Waals surface area (Å²) in [5, 5.41) is 9.01. The zero-order valence-electron chi connectivity index (χ0n) is 13.8. The highest BCUT2D eigenvalue weighted by atomic mass is 35.5. The van der Waals surface area contributed by atoms with E-state index < -0.39 is 0 Å². The van der Waals surface area contributed by atoms with Crippen LogP contribution in [0.2, 0.25) is 10.0 Å². The van der Waals surface area contributed by atoms with Crippen molar-refractivity contribution in [2.75, 3.05) is 17.2 Å². The van der Waals surface area contributed by atoms with E-state index in [9.17, 15) is 4.79 Å². The van der Waals surface area contributed by atoms with Crippen LogP contribution in [0.25, 0.3) is 0 Å². The summed E-state index contributed by atoms with van der Waals surface area (Å²) in [5.41, 5.74) is 1.73. The lowest BCUT2D eigenvalue weighted by atomic mass is 10.3. The average molecular weight is 408 g/mol. The van der Waals surface area contributed by atoms with Crippen LogP contribution in [0.5, 0.6) is 5.75 Å². The molecule has 0 bridgehead atoms. The molecule has 0 fully saturated rings. The minimum absolute atomic E-state index is 0.314. The molecule has 3 rings (SSSR count). The Hall–Kier alpha value is -2.28. The zero-order chi connectivity index (χ0) is 18.5. The topological polar surface area (TPSA) is 63.2 Å². The highest BCUT2D eigenvalue weighted by molar-refractivity contribution is 7.14. The maximum absolute atomic E-state index is 12.3. The lowest BCUT2D eigenvalue weighted by Gasteiger charge is -2.06. The fourth-order valence-corrected chi connectivity index (χ4v) is 3.14. The number of rotatable bonds is 6. The standard InChI is InChI=1S/C18H15Cl2N3O2S/c1-2-25-13-6-3-11(4-7-13)22-18-23-16(10-26-18)17(24)21-12-5-8-14(19)15(20)9-12/h3-10H,2H2,1H3,(H,21,24)(H,22,23). The van der Waals surface area contributed by atoms with Crippen LogP contribution in [0.1, 0.15) is 17.4 Å². The molecule has 2 N–H and O–H groups in total. The first-order valence-corrected chi connectivity index (χ1v) is 9.40. The van der Waals surface area contributed by atoms with Crippen LogP contribution in [0.3, 0.4) is 0 Å². The molecular formula is C18H15Cl2N3O2S. The second-order valence-corrected chi connectivity index (χ2v) is 6.88. The maximum Gasteiger partial charge on any atom is 0.275 e. The SMILES string of the molecule is CCOc1ccc(Nc2nc(C(=O)Nc3ccc(Cl)c(Cl)c3)cs2)cc1. The van der Waals surface area contributed by atoms with E-state index in [1.165, 1.54) is 11.3 Å². The number of benzene rings is 2. The highest BCUT2D eigenvalue weighted by Gasteiger charge is 2.12. The second kappa shape index (κ2) is 8.40. The molecule has 26 heavy (non-hydrogen) atoms. The van der Waals surface area contributed by atoms with E-state index in [0.717, 1.165) is 11.4 Å². The van der Waals surface area contributed by atoms with Gasteiger partial charge in [0.1, 0.15) is 11.4 Å². The minimum Gasteiger partial charge on any atom is -0.494 e. The van der Waals surface area contributed by atoms with Gasteiger partial charge >= 0.3 is 0 Å². The third-order valence-corrected chi connectivity index (χ3v) is 4.83. The predicted octanol–water partition coefficient (Wildman–Crippen LogP) is 5.84. The van der Waals surface area contributed by atoms with Crippen molar-refractivity contribution in [3.05, 3.63) is 63.6 Å². The molecular weight excluding hydrogens is 393 g/mol. The van der Waals surface area contributed by atoms with E-state index >= 15 is 0 Å². The van der Waals surface area contributed by atoms with Crippen molar-refractivity contribution in [2.45, 2.75) is 6.92 Å². The van der Waals surface area contributed by atoms with Gasteiger partial charge in [0.05, 0.1) is 16.7 Å². The number of hydrogen-bond donors (Lipinski definition) is 2. The summed E-state index contributed by atoms with van der Waals surface area (Å²) in [6.07, 6.45) is 0. The summed E-state index contributed by atoms with van der Waals surface area (Å²) >= 11 is 13.2. The lowest BCUT2D eigenvalue weighted by Crippen LogP contribution is -2.12. The van der Waals surface area contributed by atoms with Crippen LogP contribution in [0.4, 0.5) is 16.5 Å². The number of carbonyl (C=O) groups excluding carboxylic acids is 1. The van der Waals surface area contributed by atoms with Crippen molar-refractivity contribution in [1.29, 1.82) is 0 Å². The van der Waals surface area contributed by atoms with E-state index in [1.54, 1.807) is 23.6 Å². The Morgan fingerprint density at radius 2 is 1.85 bits per heavy atom. The first-order valence-electron chi connectivity index (χ1n) is 7.77. The Balaban J connectivity index is 1.64. The van der Waals surface area contributed by atoms with Crippen LogP contribution >= 0.6 is 34.5 Å². The molecule has 134 valence electrons. The maximum atomic E-state index is 12.3. The Bertz CT molecular complexity index is 913. The molecule has 0 aliphatic carbocycles. The third-order valence-electron chi connectivity index (χ3n) is 3.33. The highest BCUT2D eigenvalue weighted by Crippen LogP contribution is 2.26. The van der Waals surface area contributed by atoms with Crippen molar-refractivity contribution in [2.24, 2.45) is 0 Å². The molecule has 1 aromatic heterocycles. The molecule has 0 radical (unpaired) electrons. The Labute approximate surface area is 164 Å². The van der Waals surface area contributed by atoms with Gasteiger partial charge in [0.15, 0.2) is 5.13 Å². The summed E-state index contributed by atoms with van der Waals surface area (Å²) in [5.74, 6) is 0.485. The van der Waals surface area contributed by atoms with Crippen LogP contribution in [-0.4, -0.2) is 17.5 Å². The molecule has 0 saturated carbocycles. The van der Waals surface area contributed by atoms with Crippen LogP contribution < -0.4 is 15.4 Å². The Morgan fingerprint density at radius 1 is 1.12 bits per heavy atom. The van der Waals surface area contributed by atoms with Gasteiger partial charge in [-0.3, -0.25) is 4.79 Å². The molecule has 5 nitrogen and oxygen atoms in total. The molecule has 1 amide bonds. The van der Waals surface area contributed by atoms with E-state index in [1.807, 2.05) is 31.2 Å². The number of nitrogens with zero attached hydrogens (tertiary/aromatic N) is 1. The number of amides is 1. The zero-order valence-corrected chi connectivity index (χ0v) is 16.1. The van der Waals surface area contributed by atoms with Gasteiger partial charge in [0.25, 0.3) is 5.91 Å². The van der Waals surface area contributed by atoms with Crippen LogP contribution in [0, 0.1) is 0 Å². The monoisotopic (exact) mass is 407 g/mol. The molecule has 0 atom stereocenters. The largest absolute Gasteiger partial charge is 0.494 e. The minimum atomic E-state index is -0.320. The van der Waals surface area contributed by atoms with Crippen LogP contribution in [-0.2, 0) is 0 Å². The lowest BCUT2D eigenvalue weighted by molar-refractivity contribution is 0.102. The van der Waals surface area contributed by atoms with E-state index in [4.69, 9.17) is 27.9 Å². The molecule has 1 heterocycles. The average Bonchev–Trinajstić information content (AvgIpc) is 3.09. The van der Waals surface area contributed by atoms with Gasteiger partial charge in [0.2, 0.25) is 0 Å². The molecule has 0 aliphatic rings. The summed E-state index contributed by atoms with van der Waals surface area (Å²) in [6.45, 7) is 2.56. The van der Waals surface area contributed by atoms with Crippen molar-refractivity contribution in [3.63, 3.8) is 0 Å². The van der Waals surface area contributed by atoms with Crippen LogP contribution in [0.15, 0.2) is 47.8 Å². The summed E-state index contributed by atoms with van der Waals surface area (Å²) in [6, 6.07) is 12.4. The van der Waals surface area contributed by atoms with Gasteiger partial charge in [0, 0.05) is 16.8 Å². The fourth-order valence-electron chi connectivity index (χ4n) is 2.13. The number of carbonyl (C=O) groups is 1. The molecule has 0 spiro atoms. The molecule has 0 aliphatic heterocycles. The van der Waals surface area contributed by atoms with E-state index in [0.29, 0.717) is 33.2 Å². The molecule has 8 heteroatoms. The number of ether oxygens (including phenoxy) is 1. The van der Waals surface area contributed by atoms with Crippen molar-refractivity contribution in [1.82, 2.24) is 4.98 Å². The van der Waals surface area contributed by atoms with Crippen molar-refractivity contribution < 1.29 is 9.53 Å². The predicted molar refractivity (Wildman–Crippen MR) is 107 cm³/mol. The van der Waals surface area contributed by atoms with Gasteiger partial charge < -0.3 is 15.4 Å². The van der Waals surface area contributed by atoms with Gasteiger partial charge in [-0.15, -0.1) is 11.3 Å². The van der Waals surface area contributed by atoms with E-state index in [-0.39, 0.29) is 5.91 Å². The first-order chi connectivity index (χ1) is 12.5. The number of anilines is 3. The Morgan fingerprint density at radius 3 is 2.54 bits per heavy atom. The first kappa shape index (κ1) is 18.5. The van der Waals surface area contributed by atoms with Gasteiger partial charge in [-0.05, 0) is 49.4 Å². The van der Waals surface area contributed by atoms with Gasteiger partial charge in [-0.25, -0.2) is 4.98 Å². The molecule has 2 aromatic carbocycles. The number of thiazole rings is 1. The Kier molecular flexibility index (Phi) is 5.98. The molecule has 0 unspecified atom stereocenters. The number of hydrogen-bond acceptors (Lipinski definition) is 5. The fraction of sp³-hybridized carbons (Fsp3) is 0.111. The van der Waals surface area contributed by atoms with Gasteiger partial charge in [-0.1, -0.05) is 23.2 Å². The normalized spacial score (nSPS) is 10.4. The van der Waals surface area contributed by atoms with E-state index in [2.05, 4.69) is 15.6 Å². The third kappa shape index (κ3) is 4.66. The number of aromatic nitrogens is 1. The van der Waals surface area contributed by atoms with Crippen molar-refractivity contribution in [3.8, 4) is 5.75 Å². The molecule has 0 saturated heterocycles.